The first-order chi connectivity index (χ1) is 13.4. The van der Waals surface area contributed by atoms with Gasteiger partial charge in [-0.3, -0.25) is 0 Å². The van der Waals surface area contributed by atoms with Crippen molar-refractivity contribution in [2.24, 2.45) is 0 Å². The lowest BCUT2D eigenvalue weighted by Gasteiger charge is -2.34. The number of benzene rings is 1. The van der Waals surface area contributed by atoms with Crippen LogP contribution < -0.4 is 15.1 Å². The van der Waals surface area contributed by atoms with Crippen molar-refractivity contribution < 1.29 is 13.9 Å². The Labute approximate surface area is 172 Å². The average molecular weight is 395 g/mol. The van der Waals surface area contributed by atoms with Crippen LogP contribution in [0.5, 0.6) is 11.5 Å². The number of methoxy groups -OCH3 is 1. The van der Waals surface area contributed by atoms with E-state index < -0.39 is 22.1 Å². The molecule has 0 spiro atoms. The van der Waals surface area contributed by atoms with Crippen LogP contribution in [0, 0.1) is 0 Å². The molecular formula is C25H30O4. The quantitative estimate of drug-likeness (QED) is 0.467. The van der Waals surface area contributed by atoms with Gasteiger partial charge in [0.2, 0.25) is 0 Å². The number of allylic oxidation sites excluding steroid dienone is 2. The van der Waals surface area contributed by atoms with E-state index in [0.29, 0.717) is 22.6 Å². The number of rotatable bonds is 5. The van der Waals surface area contributed by atoms with Crippen LogP contribution in [0.1, 0.15) is 58.2 Å². The first kappa shape index (κ1) is 21.0. The molecule has 1 aliphatic rings. The van der Waals surface area contributed by atoms with Crippen molar-refractivity contribution in [1.29, 1.82) is 0 Å². The molecule has 2 heterocycles. The molecule has 154 valence electrons. The first-order valence-electron chi connectivity index (χ1n) is 9.76. The fraction of sp³-hybridized carbons (Fsp3) is 0.400. The Balaban J connectivity index is 2.58. The fourth-order valence-electron chi connectivity index (χ4n) is 3.62. The Bertz CT molecular complexity index is 1090. The van der Waals surface area contributed by atoms with Gasteiger partial charge in [0, 0.05) is 22.0 Å². The van der Waals surface area contributed by atoms with E-state index in [2.05, 4.69) is 13.2 Å². The normalized spacial score (nSPS) is 15.6. The molecule has 0 atom stereocenters. The van der Waals surface area contributed by atoms with Crippen LogP contribution >= 0.6 is 0 Å². The second-order valence-electron chi connectivity index (χ2n) is 9.23. The number of hydrogen-bond donors (Lipinski definition) is 0. The number of hydrogen-bond acceptors (Lipinski definition) is 4. The number of fused-ring (bicyclic) bond motifs is 2. The van der Waals surface area contributed by atoms with Gasteiger partial charge in [-0.15, -0.1) is 13.2 Å². The minimum Gasteiger partial charge on any atom is -0.495 e. The van der Waals surface area contributed by atoms with E-state index in [1.165, 1.54) is 0 Å². The minimum absolute atomic E-state index is 0.392. The zero-order valence-electron chi connectivity index (χ0n) is 18.4. The summed E-state index contributed by atoms with van der Waals surface area (Å²) >= 11 is 0. The van der Waals surface area contributed by atoms with Crippen molar-refractivity contribution in [3.63, 3.8) is 0 Å². The monoisotopic (exact) mass is 394 g/mol. The molecule has 0 unspecified atom stereocenters. The summed E-state index contributed by atoms with van der Waals surface area (Å²) in [7, 11) is 1.62. The van der Waals surface area contributed by atoms with Crippen LogP contribution in [0.3, 0.4) is 0 Å². The van der Waals surface area contributed by atoms with Gasteiger partial charge in [-0.05, 0) is 32.1 Å². The molecule has 4 heteroatoms. The Hall–Kier alpha value is -2.75. The molecule has 0 fully saturated rings. The van der Waals surface area contributed by atoms with Gasteiger partial charge in [-0.1, -0.05) is 39.8 Å². The summed E-state index contributed by atoms with van der Waals surface area (Å²) in [4.78, 5) is 13.0. The summed E-state index contributed by atoms with van der Waals surface area (Å²) in [6, 6.07) is 1.86. The smallest absolute Gasteiger partial charge is 0.340 e. The van der Waals surface area contributed by atoms with E-state index in [1.807, 2.05) is 65.8 Å². The molecule has 4 nitrogen and oxygen atoms in total. The fourth-order valence-corrected chi connectivity index (χ4v) is 3.62. The molecule has 3 rings (SSSR count). The highest BCUT2D eigenvalue weighted by atomic mass is 16.5. The molecule has 0 amide bonds. The minimum atomic E-state index is -0.544. The highest BCUT2D eigenvalue weighted by molar-refractivity contribution is 5.95. The maximum atomic E-state index is 13.0. The van der Waals surface area contributed by atoms with Crippen LogP contribution in [0.4, 0.5) is 0 Å². The van der Waals surface area contributed by atoms with Crippen LogP contribution in [0.15, 0.2) is 46.7 Å². The molecule has 1 aromatic carbocycles. The molecule has 0 radical (unpaired) electrons. The van der Waals surface area contributed by atoms with Crippen molar-refractivity contribution in [3.8, 4) is 11.5 Å². The summed E-state index contributed by atoms with van der Waals surface area (Å²) in [5.41, 5.74) is 0.682. The van der Waals surface area contributed by atoms with E-state index in [1.54, 1.807) is 13.2 Å². The summed E-state index contributed by atoms with van der Waals surface area (Å²) in [5.74, 6) is 1.28. The summed E-state index contributed by atoms with van der Waals surface area (Å²) in [5, 5.41) is 0.730. The zero-order chi connectivity index (χ0) is 21.8. The average Bonchev–Trinajstić information content (AvgIpc) is 2.64. The topological polar surface area (TPSA) is 48.7 Å². The molecule has 1 aromatic heterocycles. The molecule has 1 aliphatic heterocycles. The molecule has 0 bridgehead atoms. The summed E-state index contributed by atoms with van der Waals surface area (Å²) in [6.45, 7) is 19.8. The first-order valence-corrected chi connectivity index (χ1v) is 9.76. The predicted molar refractivity (Wildman–Crippen MR) is 119 cm³/mol. The lowest BCUT2D eigenvalue weighted by molar-refractivity contribution is 0.155. The van der Waals surface area contributed by atoms with E-state index in [-0.39, 0.29) is 0 Å². The van der Waals surface area contributed by atoms with Gasteiger partial charge in [-0.25, -0.2) is 4.79 Å². The van der Waals surface area contributed by atoms with Crippen molar-refractivity contribution in [3.05, 3.63) is 64.6 Å². The molecule has 0 saturated heterocycles. The van der Waals surface area contributed by atoms with Gasteiger partial charge in [0.25, 0.3) is 0 Å². The maximum Gasteiger partial charge on any atom is 0.340 e. The van der Waals surface area contributed by atoms with Crippen LogP contribution in [-0.4, -0.2) is 12.7 Å². The second-order valence-corrected chi connectivity index (χ2v) is 9.23. The highest BCUT2D eigenvalue weighted by Gasteiger charge is 2.36. The van der Waals surface area contributed by atoms with Gasteiger partial charge >= 0.3 is 5.63 Å². The van der Waals surface area contributed by atoms with Gasteiger partial charge in [-0.2, -0.15) is 0 Å². The summed E-state index contributed by atoms with van der Waals surface area (Å²) < 4.78 is 18.1. The van der Waals surface area contributed by atoms with Crippen LogP contribution in [0.25, 0.3) is 17.0 Å². The molecule has 0 saturated carbocycles. The second kappa shape index (κ2) is 6.65. The lowest BCUT2D eigenvalue weighted by Crippen LogP contribution is -2.30. The third-order valence-electron chi connectivity index (χ3n) is 5.72. The molecular weight excluding hydrogens is 364 g/mol. The standard InChI is InChI=1S/C25H30O4/c1-10-23(3,4)17-14-16-19(27-9)15-12-13-25(7,8)29-21(15)18(24(5,6)11-2)20(16)28-22(17)26/h10-14H,1-2H2,3-9H3. The Morgan fingerprint density at radius 2 is 1.72 bits per heavy atom. The zero-order valence-corrected chi connectivity index (χ0v) is 18.4. The SMILES string of the molecule is C=CC(C)(C)c1cc2c(OC)c3c(c(C(C)(C)C=C)c2oc1=O)OC(C)(C)C=C3. The highest BCUT2D eigenvalue weighted by Crippen LogP contribution is 2.50. The van der Waals surface area contributed by atoms with Crippen molar-refractivity contribution in [2.75, 3.05) is 7.11 Å². The lowest BCUT2D eigenvalue weighted by atomic mass is 9.79. The number of ether oxygens (including phenoxy) is 2. The van der Waals surface area contributed by atoms with Gasteiger partial charge in [0.05, 0.1) is 18.1 Å². The van der Waals surface area contributed by atoms with E-state index in [4.69, 9.17) is 13.9 Å². The third-order valence-corrected chi connectivity index (χ3v) is 5.72. The summed E-state index contributed by atoms with van der Waals surface area (Å²) in [6.07, 6.45) is 7.60. The molecule has 0 aliphatic carbocycles. The molecule has 0 N–H and O–H groups in total. The molecule has 2 aromatic rings. The van der Waals surface area contributed by atoms with Crippen LogP contribution in [0.2, 0.25) is 0 Å². The van der Waals surface area contributed by atoms with Crippen molar-refractivity contribution >= 4 is 17.0 Å². The van der Waals surface area contributed by atoms with Crippen molar-refractivity contribution in [2.45, 2.75) is 58.0 Å². The maximum absolute atomic E-state index is 13.0. The van der Waals surface area contributed by atoms with E-state index in [0.717, 1.165) is 16.5 Å². The van der Waals surface area contributed by atoms with Gasteiger partial charge in [0.1, 0.15) is 22.7 Å². The Morgan fingerprint density at radius 1 is 1.10 bits per heavy atom. The van der Waals surface area contributed by atoms with Crippen LogP contribution in [-0.2, 0) is 10.8 Å². The largest absolute Gasteiger partial charge is 0.495 e. The van der Waals surface area contributed by atoms with Gasteiger partial charge < -0.3 is 13.9 Å². The van der Waals surface area contributed by atoms with Crippen molar-refractivity contribution in [1.82, 2.24) is 0 Å². The third kappa shape index (κ3) is 3.31. The Morgan fingerprint density at radius 3 is 2.28 bits per heavy atom. The van der Waals surface area contributed by atoms with Gasteiger partial charge in [0.15, 0.2) is 0 Å². The predicted octanol–water partition coefficient (Wildman–Crippen LogP) is 5.91. The van der Waals surface area contributed by atoms with E-state index in [9.17, 15) is 4.79 Å². The molecule has 29 heavy (non-hydrogen) atoms. The van der Waals surface area contributed by atoms with E-state index >= 15 is 0 Å². The Kier molecular flexibility index (Phi) is 4.81.